The van der Waals surface area contributed by atoms with Crippen LogP contribution in [0.2, 0.25) is 0 Å². The second-order valence-corrected chi connectivity index (χ2v) is 9.81. The second-order valence-electron chi connectivity index (χ2n) is 9.81. The molecule has 0 heterocycles. The highest BCUT2D eigenvalue weighted by molar-refractivity contribution is 6.24. The van der Waals surface area contributed by atoms with E-state index < -0.39 is 0 Å². The highest BCUT2D eigenvalue weighted by atomic mass is 16.1. The molecule has 0 saturated carbocycles. The lowest BCUT2D eigenvalue weighted by atomic mass is 9.82. The van der Waals surface area contributed by atoms with Gasteiger partial charge in [-0.3, -0.25) is 9.59 Å². The summed E-state index contributed by atoms with van der Waals surface area (Å²) in [7, 11) is 0. The van der Waals surface area contributed by atoms with Gasteiger partial charge in [-0.2, -0.15) is 0 Å². The minimum absolute atomic E-state index is 0.0599. The molecule has 0 bridgehead atoms. The van der Waals surface area contributed by atoms with Crippen LogP contribution in [0.15, 0.2) is 22.3 Å². The maximum atomic E-state index is 12.5. The van der Waals surface area contributed by atoms with Crippen LogP contribution >= 0.6 is 0 Å². The highest BCUT2D eigenvalue weighted by Gasteiger charge is 2.27. The number of carbonyl (C=O) groups is 2. The number of Topliss-reactive ketones (excluding diaryl/α,β-unsaturated/α-hetero) is 2. The van der Waals surface area contributed by atoms with Crippen LogP contribution in [0.5, 0.6) is 0 Å². The van der Waals surface area contributed by atoms with Gasteiger partial charge >= 0.3 is 0 Å². The summed E-state index contributed by atoms with van der Waals surface area (Å²) < 4.78 is 0. The first-order valence-electron chi connectivity index (χ1n) is 12.2. The van der Waals surface area contributed by atoms with E-state index in [-0.39, 0.29) is 11.6 Å². The Morgan fingerprint density at radius 2 is 1.00 bits per heavy atom. The Kier molecular flexibility index (Phi) is 12.4. The summed E-state index contributed by atoms with van der Waals surface area (Å²) >= 11 is 0. The highest BCUT2D eigenvalue weighted by Crippen LogP contribution is 2.29. The van der Waals surface area contributed by atoms with Crippen molar-refractivity contribution in [2.45, 2.75) is 125 Å². The van der Waals surface area contributed by atoms with Crippen LogP contribution in [0.3, 0.4) is 0 Å². The predicted molar refractivity (Wildman–Crippen MR) is 125 cm³/mol. The number of rotatable bonds is 15. The van der Waals surface area contributed by atoms with Gasteiger partial charge in [-0.15, -0.1) is 0 Å². The van der Waals surface area contributed by atoms with Crippen LogP contribution in [0.4, 0.5) is 0 Å². The van der Waals surface area contributed by atoms with E-state index in [0.29, 0.717) is 22.6 Å². The molecule has 0 radical (unpaired) electrons. The Morgan fingerprint density at radius 3 is 1.52 bits per heavy atom. The van der Waals surface area contributed by atoms with Gasteiger partial charge in [0.15, 0.2) is 11.6 Å². The molecule has 0 fully saturated rings. The van der Waals surface area contributed by atoms with Crippen molar-refractivity contribution in [1.29, 1.82) is 0 Å². The summed E-state index contributed by atoms with van der Waals surface area (Å²) in [6.45, 7) is 12.3. The van der Waals surface area contributed by atoms with E-state index in [0.717, 1.165) is 24.3 Å². The predicted octanol–water partition coefficient (Wildman–Crippen LogP) is 8.15. The summed E-state index contributed by atoms with van der Waals surface area (Å²) in [5, 5.41) is 0. The van der Waals surface area contributed by atoms with Gasteiger partial charge in [0, 0.05) is 22.3 Å². The summed E-state index contributed by atoms with van der Waals surface area (Å²) in [6, 6.07) is 0. The van der Waals surface area contributed by atoms with Gasteiger partial charge in [-0.05, 0) is 45.4 Å². The molecule has 2 nitrogen and oxygen atoms in total. The maximum Gasteiger partial charge on any atom is 0.185 e. The molecular formula is C27H46O2. The number of unbranched alkanes of at least 4 members (excludes halogenated alkanes) is 8. The van der Waals surface area contributed by atoms with Gasteiger partial charge in [0.2, 0.25) is 0 Å². The molecule has 0 aliphatic heterocycles. The standard InChI is InChI=1S/C27H46O2/c1-20(2)16-14-12-10-8-7-9-11-13-15-17-21(3)18-19-25-24(6)26(28)22(4)23(5)27(25)29/h20-21H,7-19H2,1-6H3. The molecule has 0 aromatic heterocycles. The van der Waals surface area contributed by atoms with E-state index in [1.54, 1.807) is 13.8 Å². The summed E-state index contributed by atoms with van der Waals surface area (Å²) in [4.78, 5) is 24.8. The lowest BCUT2D eigenvalue weighted by molar-refractivity contribution is -0.116. The fraction of sp³-hybridized carbons (Fsp3) is 0.778. The van der Waals surface area contributed by atoms with Crippen LogP contribution in [-0.4, -0.2) is 11.6 Å². The number of allylic oxidation sites excluding steroid dienone is 4. The minimum atomic E-state index is 0.0599. The van der Waals surface area contributed by atoms with Gasteiger partial charge in [0.05, 0.1) is 0 Å². The molecule has 2 heteroatoms. The average Bonchev–Trinajstić information content (AvgIpc) is 2.68. The molecule has 0 spiro atoms. The monoisotopic (exact) mass is 402 g/mol. The first-order valence-corrected chi connectivity index (χ1v) is 12.2. The molecule has 166 valence electrons. The molecule has 0 aromatic rings. The first kappa shape index (κ1) is 25.9. The van der Waals surface area contributed by atoms with Crippen LogP contribution in [0.25, 0.3) is 0 Å². The zero-order chi connectivity index (χ0) is 21.8. The number of carbonyl (C=O) groups excluding carboxylic acids is 2. The van der Waals surface area contributed by atoms with Gasteiger partial charge in [-0.1, -0.05) is 91.4 Å². The molecule has 0 aromatic carbocycles. The molecule has 29 heavy (non-hydrogen) atoms. The van der Waals surface area contributed by atoms with Gasteiger partial charge in [0.1, 0.15) is 0 Å². The maximum absolute atomic E-state index is 12.5. The van der Waals surface area contributed by atoms with Crippen LogP contribution < -0.4 is 0 Å². The smallest absolute Gasteiger partial charge is 0.185 e. The van der Waals surface area contributed by atoms with Crippen molar-refractivity contribution >= 4 is 11.6 Å². The molecule has 0 saturated heterocycles. The lowest BCUT2D eigenvalue weighted by Crippen LogP contribution is -2.21. The molecular weight excluding hydrogens is 356 g/mol. The average molecular weight is 403 g/mol. The number of ketones is 2. The molecule has 0 amide bonds. The Labute approximate surface area is 180 Å². The van der Waals surface area contributed by atoms with E-state index in [2.05, 4.69) is 20.8 Å². The van der Waals surface area contributed by atoms with Crippen LogP contribution in [-0.2, 0) is 9.59 Å². The Hall–Kier alpha value is -1.18. The molecule has 1 aliphatic rings. The van der Waals surface area contributed by atoms with E-state index >= 15 is 0 Å². The molecule has 1 aliphatic carbocycles. The van der Waals surface area contributed by atoms with Crippen LogP contribution in [0.1, 0.15) is 125 Å². The SMILES string of the molecule is CC1=C(C)C(=O)C(CCC(C)CCCCCCCCCCCC(C)C)=C(C)C1=O. The number of hydrogen-bond donors (Lipinski definition) is 0. The number of hydrogen-bond acceptors (Lipinski definition) is 2. The lowest BCUT2D eigenvalue weighted by Gasteiger charge is -2.20. The van der Waals surface area contributed by atoms with Crippen molar-refractivity contribution in [3.63, 3.8) is 0 Å². The van der Waals surface area contributed by atoms with Crippen LogP contribution in [0, 0.1) is 11.8 Å². The summed E-state index contributed by atoms with van der Waals surface area (Å²) in [6.07, 6.45) is 16.8. The van der Waals surface area contributed by atoms with Gasteiger partial charge in [-0.25, -0.2) is 0 Å². The van der Waals surface area contributed by atoms with Gasteiger partial charge in [0.25, 0.3) is 0 Å². The van der Waals surface area contributed by atoms with E-state index in [9.17, 15) is 9.59 Å². The Bertz CT molecular complexity index is 592. The van der Waals surface area contributed by atoms with E-state index in [1.807, 2.05) is 6.92 Å². The second kappa shape index (κ2) is 13.9. The molecule has 1 rings (SSSR count). The minimum Gasteiger partial charge on any atom is -0.289 e. The summed E-state index contributed by atoms with van der Waals surface area (Å²) in [5.74, 6) is 1.63. The Balaban J connectivity index is 2.10. The quantitative estimate of drug-likeness (QED) is 0.204. The third-order valence-corrected chi connectivity index (χ3v) is 6.68. The van der Waals surface area contributed by atoms with Crippen molar-refractivity contribution in [2.75, 3.05) is 0 Å². The van der Waals surface area contributed by atoms with Crippen molar-refractivity contribution in [2.24, 2.45) is 11.8 Å². The van der Waals surface area contributed by atoms with E-state index in [4.69, 9.17) is 0 Å². The third-order valence-electron chi connectivity index (χ3n) is 6.68. The van der Waals surface area contributed by atoms with Crippen molar-refractivity contribution in [1.82, 2.24) is 0 Å². The fourth-order valence-corrected chi connectivity index (χ4v) is 4.27. The normalized spacial score (nSPS) is 16.4. The fourth-order valence-electron chi connectivity index (χ4n) is 4.27. The zero-order valence-electron chi connectivity index (χ0n) is 20.2. The van der Waals surface area contributed by atoms with Gasteiger partial charge < -0.3 is 0 Å². The van der Waals surface area contributed by atoms with E-state index in [1.165, 1.54) is 70.6 Å². The molecule has 0 N–H and O–H groups in total. The molecule has 1 unspecified atom stereocenters. The molecule has 1 atom stereocenters. The Morgan fingerprint density at radius 1 is 0.552 bits per heavy atom. The largest absolute Gasteiger partial charge is 0.289 e. The van der Waals surface area contributed by atoms with Crippen molar-refractivity contribution in [3.8, 4) is 0 Å². The van der Waals surface area contributed by atoms with Crippen molar-refractivity contribution in [3.05, 3.63) is 22.3 Å². The summed E-state index contributed by atoms with van der Waals surface area (Å²) in [5.41, 5.74) is 2.70. The zero-order valence-corrected chi connectivity index (χ0v) is 20.2. The third kappa shape index (κ3) is 9.45. The topological polar surface area (TPSA) is 34.1 Å². The van der Waals surface area contributed by atoms with Crippen molar-refractivity contribution < 1.29 is 9.59 Å². The first-order chi connectivity index (χ1) is 13.8.